The number of hydrogen-bond acceptors (Lipinski definition) is 1. The first-order valence-corrected chi connectivity index (χ1v) is 3.43. The van der Waals surface area contributed by atoms with Crippen molar-refractivity contribution in [2.75, 3.05) is 13.0 Å². The number of rotatable bonds is 4. The lowest BCUT2D eigenvalue weighted by molar-refractivity contribution is 0.110. The van der Waals surface area contributed by atoms with Crippen molar-refractivity contribution in [2.45, 2.75) is 25.9 Å². The normalized spacial score (nSPS) is 13.9. The largest absolute Gasteiger partial charge is 0.382 e. The second kappa shape index (κ2) is 5.39. The summed E-state index contributed by atoms with van der Waals surface area (Å²) in [6.07, 6.45) is 2.49. The Morgan fingerprint density at radius 1 is 1.62 bits per heavy atom. The van der Waals surface area contributed by atoms with Crippen molar-refractivity contribution < 1.29 is 4.74 Å². The number of alkyl halides is 1. The zero-order chi connectivity index (χ0) is 6.41. The molecule has 2 heteroatoms. The van der Waals surface area contributed by atoms with Crippen LogP contribution in [0.2, 0.25) is 0 Å². The highest BCUT2D eigenvalue weighted by Gasteiger charge is 1.95. The highest BCUT2D eigenvalue weighted by molar-refractivity contribution is 6.17. The summed E-state index contributed by atoms with van der Waals surface area (Å²) in [6, 6.07) is 0. The first-order chi connectivity index (χ1) is 3.81. The fourth-order valence-electron chi connectivity index (χ4n) is 0.482. The lowest BCUT2D eigenvalue weighted by Crippen LogP contribution is -2.03. The molecule has 0 radical (unpaired) electrons. The van der Waals surface area contributed by atoms with Crippen LogP contribution in [0.4, 0.5) is 0 Å². The second-order valence-electron chi connectivity index (χ2n) is 1.88. The molecule has 0 N–H and O–H groups in total. The fraction of sp³-hybridized carbons (Fsp3) is 1.00. The van der Waals surface area contributed by atoms with Crippen LogP contribution in [0, 0.1) is 0 Å². The van der Waals surface area contributed by atoms with Crippen LogP contribution in [0.1, 0.15) is 19.8 Å². The van der Waals surface area contributed by atoms with Gasteiger partial charge in [0.1, 0.15) is 0 Å². The van der Waals surface area contributed by atoms with Gasteiger partial charge < -0.3 is 4.74 Å². The van der Waals surface area contributed by atoms with E-state index < -0.39 is 0 Å². The van der Waals surface area contributed by atoms with Gasteiger partial charge in [-0.2, -0.15) is 0 Å². The van der Waals surface area contributed by atoms with Gasteiger partial charge in [0, 0.05) is 13.0 Å². The van der Waals surface area contributed by atoms with Crippen molar-refractivity contribution in [3.8, 4) is 0 Å². The molecule has 0 aliphatic heterocycles. The number of methoxy groups -OCH3 is 1. The third-order valence-corrected chi connectivity index (χ3v) is 1.41. The van der Waals surface area contributed by atoms with Gasteiger partial charge in [-0.15, -0.1) is 11.6 Å². The SMILES string of the molecule is CO[C@H](C)CCCCl. The topological polar surface area (TPSA) is 9.23 Å². The Kier molecular flexibility index (Phi) is 5.56. The summed E-state index contributed by atoms with van der Waals surface area (Å²) in [5, 5.41) is 0. The molecular formula is C6H13ClO. The molecule has 0 unspecified atom stereocenters. The van der Waals surface area contributed by atoms with Crippen LogP contribution >= 0.6 is 11.6 Å². The molecule has 1 atom stereocenters. The Bertz CT molecular complexity index is 47.8. The predicted octanol–water partition coefficient (Wildman–Crippen LogP) is 2.04. The van der Waals surface area contributed by atoms with Gasteiger partial charge in [0.25, 0.3) is 0 Å². The van der Waals surface area contributed by atoms with Gasteiger partial charge in [0.15, 0.2) is 0 Å². The molecule has 50 valence electrons. The van der Waals surface area contributed by atoms with E-state index in [1.54, 1.807) is 7.11 Å². The molecule has 0 aliphatic carbocycles. The van der Waals surface area contributed by atoms with E-state index in [0.29, 0.717) is 6.10 Å². The molecular weight excluding hydrogens is 124 g/mol. The van der Waals surface area contributed by atoms with Gasteiger partial charge in [0.05, 0.1) is 6.10 Å². The Labute approximate surface area is 56.0 Å². The van der Waals surface area contributed by atoms with E-state index in [0.717, 1.165) is 18.7 Å². The van der Waals surface area contributed by atoms with E-state index in [2.05, 4.69) is 0 Å². The number of halogens is 1. The molecule has 0 aliphatic rings. The first kappa shape index (κ1) is 8.25. The molecule has 0 aromatic rings. The van der Waals surface area contributed by atoms with Crippen molar-refractivity contribution in [3.05, 3.63) is 0 Å². The van der Waals surface area contributed by atoms with Gasteiger partial charge in [0.2, 0.25) is 0 Å². The van der Waals surface area contributed by atoms with E-state index >= 15 is 0 Å². The standard InChI is InChI=1S/C6H13ClO/c1-6(8-2)4-3-5-7/h6H,3-5H2,1-2H3/t6-/m1/s1. The maximum absolute atomic E-state index is 5.45. The summed E-state index contributed by atoms with van der Waals surface area (Å²) in [5.41, 5.74) is 0. The van der Waals surface area contributed by atoms with E-state index in [-0.39, 0.29) is 0 Å². The van der Waals surface area contributed by atoms with Gasteiger partial charge in [-0.3, -0.25) is 0 Å². The molecule has 0 spiro atoms. The summed E-state index contributed by atoms with van der Waals surface area (Å²) in [7, 11) is 1.72. The predicted molar refractivity (Wildman–Crippen MR) is 36.4 cm³/mol. The van der Waals surface area contributed by atoms with Gasteiger partial charge >= 0.3 is 0 Å². The van der Waals surface area contributed by atoms with Crippen molar-refractivity contribution >= 4 is 11.6 Å². The van der Waals surface area contributed by atoms with Gasteiger partial charge in [-0.05, 0) is 19.8 Å². The molecule has 0 bridgehead atoms. The molecule has 0 saturated carbocycles. The number of hydrogen-bond donors (Lipinski definition) is 0. The van der Waals surface area contributed by atoms with E-state index in [9.17, 15) is 0 Å². The van der Waals surface area contributed by atoms with E-state index in [1.165, 1.54) is 0 Å². The van der Waals surface area contributed by atoms with Crippen LogP contribution < -0.4 is 0 Å². The lowest BCUT2D eigenvalue weighted by atomic mass is 10.2. The summed E-state index contributed by atoms with van der Waals surface area (Å²) in [5.74, 6) is 0.744. The Balaban J connectivity index is 2.86. The van der Waals surface area contributed by atoms with E-state index in [4.69, 9.17) is 16.3 Å². The highest BCUT2D eigenvalue weighted by atomic mass is 35.5. The molecule has 0 saturated heterocycles. The Hall–Kier alpha value is 0.250. The highest BCUT2D eigenvalue weighted by Crippen LogP contribution is 1.99. The molecule has 0 rings (SSSR count). The maximum Gasteiger partial charge on any atom is 0.0543 e. The van der Waals surface area contributed by atoms with Crippen molar-refractivity contribution in [2.24, 2.45) is 0 Å². The monoisotopic (exact) mass is 136 g/mol. The quantitative estimate of drug-likeness (QED) is 0.538. The first-order valence-electron chi connectivity index (χ1n) is 2.90. The molecule has 0 amide bonds. The number of ether oxygens (including phenoxy) is 1. The van der Waals surface area contributed by atoms with E-state index in [1.807, 2.05) is 6.92 Å². The maximum atomic E-state index is 5.45. The van der Waals surface area contributed by atoms with Gasteiger partial charge in [-0.1, -0.05) is 0 Å². The minimum absolute atomic E-state index is 0.369. The molecule has 0 aromatic heterocycles. The molecule has 0 heterocycles. The van der Waals surface area contributed by atoms with Crippen molar-refractivity contribution in [1.82, 2.24) is 0 Å². The Morgan fingerprint density at radius 3 is 2.62 bits per heavy atom. The van der Waals surface area contributed by atoms with Crippen LogP contribution in [0.15, 0.2) is 0 Å². The molecule has 8 heavy (non-hydrogen) atoms. The minimum atomic E-state index is 0.369. The van der Waals surface area contributed by atoms with Crippen LogP contribution in [0.5, 0.6) is 0 Å². The molecule has 0 aromatic carbocycles. The minimum Gasteiger partial charge on any atom is -0.382 e. The summed E-state index contributed by atoms with van der Waals surface area (Å²) in [4.78, 5) is 0. The van der Waals surface area contributed by atoms with Crippen LogP contribution in [0.3, 0.4) is 0 Å². The zero-order valence-corrected chi connectivity index (χ0v) is 6.24. The summed E-state index contributed by atoms with van der Waals surface area (Å²) in [6.45, 7) is 2.05. The third kappa shape index (κ3) is 4.41. The van der Waals surface area contributed by atoms with Crippen LogP contribution in [-0.2, 0) is 4.74 Å². The third-order valence-electron chi connectivity index (χ3n) is 1.15. The summed E-state index contributed by atoms with van der Waals surface area (Å²) >= 11 is 5.45. The summed E-state index contributed by atoms with van der Waals surface area (Å²) < 4.78 is 4.99. The fourth-order valence-corrected chi connectivity index (χ4v) is 0.637. The lowest BCUT2D eigenvalue weighted by Gasteiger charge is -2.05. The second-order valence-corrected chi connectivity index (χ2v) is 2.26. The van der Waals surface area contributed by atoms with Gasteiger partial charge in [-0.25, -0.2) is 0 Å². The van der Waals surface area contributed by atoms with Crippen LogP contribution in [-0.4, -0.2) is 19.1 Å². The zero-order valence-electron chi connectivity index (χ0n) is 5.48. The van der Waals surface area contributed by atoms with Crippen LogP contribution in [0.25, 0.3) is 0 Å². The molecule has 1 nitrogen and oxygen atoms in total. The molecule has 0 fully saturated rings. The average Bonchev–Trinajstić information content (AvgIpc) is 1.83. The Morgan fingerprint density at radius 2 is 2.25 bits per heavy atom. The van der Waals surface area contributed by atoms with Crippen molar-refractivity contribution in [1.29, 1.82) is 0 Å². The van der Waals surface area contributed by atoms with Crippen molar-refractivity contribution in [3.63, 3.8) is 0 Å². The smallest absolute Gasteiger partial charge is 0.0543 e. The average molecular weight is 137 g/mol.